The molecule has 0 saturated carbocycles. The van der Waals surface area contributed by atoms with Gasteiger partial charge in [0.2, 0.25) is 0 Å². The van der Waals surface area contributed by atoms with Crippen LogP contribution in [0.1, 0.15) is 17.3 Å². The first-order valence-corrected chi connectivity index (χ1v) is 8.43. The summed E-state index contributed by atoms with van der Waals surface area (Å²) < 4.78 is 3.82. The van der Waals surface area contributed by atoms with E-state index in [0.29, 0.717) is 5.02 Å². The number of likely N-dealkylation sites (N-methyl/N-ethyl adjacent to an activating group) is 1. The van der Waals surface area contributed by atoms with Crippen molar-refractivity contribution in [1.82, 2.24) is 14.7 Å². The number of benzene rings is 1. The van der Waals surface area contributed by atoms with Crippen molar-refractivity contribution in [3.8, 4) is 0 Å². The first-order valence-electron chi connectivity index (χ1n) is 6.46. The third-order valence-corrected chi connectivity index (χ3v) is 4.66. The van der Waals surface area contributed by atoms with Crippen molar-refractivity contribution < 1.29 is 0 Å². The predicted octanol–water partition coefficient (Wildman–Crippen LogP) is 3.67. The molecule has 1 aromatic carbocycles. The predicted molar refractivity (Wildman–Crippen MR) is 93.7 cm³/mol. The Bertz CT molecular complexity index is 627. The van der Waals surface area contributed by atoms with Crippen molar-refractivity contribution in [3.63, 3.8) is 0 Å². The quantitative estimate of drug-likeness (QED) is 0.778. The highest BCUT2D eigenvalue weighted by atomic mass is 79.9. The highest BCUT2D eigenvalue weighted by Crippen LogP contribution is 2.32. The second-order valence-electron chi connectivity index (χ2n) is 5.05. The summed E-state index contributed by atoms with van der Waals surface area (Å²) in [6.45, 7) is 1.62. The molecule has 0 radical (unpaired) electrons. The third-order valence-electron chi connectivity index (χ3n) is 3.18. The van der Waals surface area contributed by atoms with Gasteiger partial charge in [0, 0.05) is 15.5 Å². The van der Waals surface area contributed by atoms with Crippen LogP contribution in [0.15, 0.2) is 33.3 Å². The molecule has 0 aliphatic rings. The molecule has 1 unspecified atom stereocenters. The number of rotatable bonds is 5. The third kappa shape index (κ3) is 4.07. The summed E-state index contributed by atoms with van der Waals surface area (Å²) in [4.78, 5) is 2.10. The Balaban J connectivity index is 2.34. The highest BCUT2D eigenvalue weighted by Gasteiger charge is 2.20. The molecule has 114 valence electrons. The molecule has 2 aromatic rings. The largest absolute Gasteiger partial charge is 0.319 e. The first-order chi connectivity index (χ1) is 9.90. The highest BCUT2D eigenvalue weighted by molar-refractivity contribution is 9.11. The van der Waals surface area contributed by atoms with E-state index in [2.05, 4.69) is 41.9 Å². The van der Waals surface area contributed by atoms with Crippen molar-refractivity contribution in [3.05, 3.63) is 49.6 Å². The molecule has 1 heterocycles. The summed E-state index contributed by atoms with van der Waals surface area (Å²) in [6, 6.07) is 5.60. The van der Waals surface area contributed by atoms with Gasteiger partial charge >= 0.3 is 0 Å². The van der Waals surface area contributed by atoms with E-state index in [1.54, 1.807) is 6.20 Å². The molecule has 0 aliphatic heterocycles. The second kappa shape index (κ2) is 7.24. The van der Waals surface area contributed by atoms with Gasteiger partial charge in [0.25, 0.3) is 0 Å². The van der Waals surface area contributed by atoms with Crippen molar-refractivity contribution in [2.24, 2.45) is 5.73 Å². The number of halogens is 3. The topological polar surface area (TPSA) is 47.1 Å². The molecule has 0 amide bonds. The number of hydrogen-bond donors (Lipinski definition) is 1. The van der Waals surface area contributed by atoms with E-state index in [9.17, 15) is 0 Å². The molecule has 1 atom stereocenters. The minimum absolute atomic E-state index is 0.329. The van der Waals surface area contributed by atoms with E-state index in [1.807, 2.05) is 37.0 Å². The van der Waals surface area contributed by atoms with Crippen LogP contribution in [0.4, 0.5) is 0 Å². The maximum atomic E-state index is 6.42. The fourth-order valence-electron chi connectivity index (χ4n) is 2.06. The maximum absolute atomic E-state index is 6.42. The van der Waals surface area contributed by atoms with Crippen LogP contribution in [-0.2, 0) is 6.54 Å². The number of aromatic nitrogens is 2. The Kier molecular flexibility index (Phi) is 5.85. The van der Waals surface area contributed by atoms with E-state index < -0.39 is 0 Å². The van der Waals surface area contributed by atoms with E-state index in [0.717, 1.165) is 33.3 Å². The van der Waals surface area contributed by atoms with Gasteiger partial charge in [0.15, 0.2) is 0 Å². The molecule has 21 heavy (non-hydrogen) atoms. The van der Waals surface area contributed by atoms with Crippen LogP contribution >= 0.6 is 43.5 Å². The van der Waals surface area contributed by atoms with Gasteiger partial charge in [-0.2, -0.15) is 5.10 Å². The molecule has 0 spiro atoms. The molecule has 4 nitrogen and oxygen atoms in total. The van der Waals surface area contributed by atoms with Crippen LogP contribution in [0.2, 0.25) is 5.02 Å². The Morgan fingerprint density at radius 3 is 2.71 bits per heavy atom. The van der Waals surface area contributed by atoms with E-state index in [4.69, 9.17) is 17.3 Å². The molecule has 0 bridgehead atoms. The minimum Gasteiger partial charge on any atom is -0.319 e. The van der Waals surface area contributed by atoms with Crippen LogP contribution in [0, 0.1) is 0 Å². The van der Waals surface area contributed by atoms with Gasteiger partial charge in [-0.25, -0.2) is 0 Å². The number of nitrogens with two attached hydrogens (primary N) is 1. The SMILES string of the molecule is CN(C)CCn1ncc(Cl)c1C(N)c1ccc(Br)cc1Br. The Labute approximate surface area is 146 Å². The van der Waals surface area contributed by atoms with Crippen LogP contribution < -0.4 is 5.73 Å². The molecule has 0 saturated heterocycles. The van der Waals surface area contributed by atoms with Crippen LogP contribution in [0.3, 0.4) is 0 Å². The van der Waals surface area contributed by atoms with Crippen molar-refractivity contribution >= 4 is 43.5 Å². The van der Waals surface area contributed by atoms with E-state index in [-0.39, 0.29) is 6.04 Å². The molecule has 0 fully saturated rings. The van der Waals surface area contributed by atoms with Crippen LogP contribution in [-0.4, -0.2) is 35.3 Å². The van der Waals surface area contributed by atoms with Gasteiger partial charge in [0.1, 0.15) is 0 Å². The Morgan fingerprint density at radius 1 is 1.38 bits per heavy atom. The van der Waals surface area contributed by atoms with Crippen LogP contribution in [0.5, 0.6) is 0 Å². The lowest BCUT2D eigenvalue weighted by Crippen LogP contribution is -2.23. The van der Waals surface area contributed by atoms with Crippen molar-refractivity contribution in [1.29, 1.82) is 0 Å². The average molecular weight is 437 g/mol. The summed E-state index contributed by atoms with van der Waals surface area (Å²) in [5, 5.41) is 4.93. The first kappa shape index (κ1) is 17.0. The van der Waals surface area contributed by atoms with Crippen LogP contribution in [0.25, 0.3) is 0 Å². The Hall–Kier alpha value is -0.400. The van der Waals surface area contributed by atoms with Crippen molar-refractivity contribution in [2.75, 3.05) is 20.6 Å². The van der Waals surface area contributed by atoms with Gasteiger partial charge in [-0.3, -0.25) is 4.68 Å². The number of hydrogen-bond acceptors (Lipinski definition) is 3. The van der Waals surface area contributed by atoms with E-state index >= 15 is 0 Å². The summed E-state index contributed by atoms with van der Waals surface area (Å²) in [5.41, 5.74) is 8.23. The number of nitrogens with zero attached hydrogens (tertiary/aromatic N) is 3. The normalized spacial score (nSPS) is 12.9. The van der Waals surface area contributed by atoms with Crippen molar-refractivity contribution in [2.45, 2.75) is 12.6 Å². The molecule has 2 rings (SSSR count). The monoisotopic (exact) mass is 434 g/mol. The maximum Gasteiger partial charge on any atom is 0.0837 e. The molecule has 0 aliphatic carbocycles. The summed E-state index contributed by atoms with van der Waals surface area (Å²) in [7, 11) is 4.05. The lowest BCUT2D eigenvalue weighted by atomic mass is 10.0. The van der Waals surface area contributed by atoms with Gasteiger partial charge in [-0.1, -0.05) is 49.5 Å². The molecule has 1 aromatic heterocycles. The van der Waals surface area contributed by atoms with Gasteiger partial charge in [-0.05, 0) is 31.8 Å². The zero-order chi connectivity index (χ0) is 15.6. The second-order valence-corrected chi connectivity index (χ2v) is 7.22. The molecule has 7 heteroatoms. The molecular weight excluding hydrogens is 419 g/mol. The van der Waals surface area contributed by atoms with E-state index in [1.165, 1.54) is 0 Å². The van der Waals surface area contributed by atoms with Gasteiger partial charge in [0.05, 0.1) is 29.5 Å². The standard InChI is InChI=1S/C14H17Br2ClN4/c1-20(2)5-6-21-14(12(17)8-19-21)13(18)10-4-3-9(15)7-11(10)16/h3-4,7-8,13H,5-6,18H2,1-2H3. The lowest BCUT2D eigenvalue weighted by molar-refractivity contribution is 0.368. The minimum atomic E-state index is -0.329. The summed E-state index contributed by atoms with van der Waals surface area (Å²) in [6.07, 6.45) is 1.65. The zero-order valence-corrected chi connectivity index (χ0v) is 15.8. The molecular formula is C14H17Br2ClN4. The fourth-order valence-corrected chi connectivity index (χ4v) is 3.61. The average Bonchev–Trinajstić information content (AvgIpc) is 2.77. The molecule has 2 N–H and O–H groups in total. The smallest absolute Gasteiger partial charge is 0.0837 e. The Morgan fingerprint density at radius 2 is 2.10 bits per heavy atom. The summed E-state index contributed by atoms with van der Waals surface area (Å²) in [5.74, 6) is 0. The lowest BCUT2D eigenvalue weighted by Gasteiger charge is -2.18. The fraction of sp³-hybridized carbons (Fsp3) is 0.357. The zero-order valence-electron chi connectivity index (χ0n) is 11.9. The van der Waals surface area contributed by atoms with Gasteiger partial charge < -0.3 is 10.6 Å². The van der Waals surface area contributed by atoms with Gasteiger partial charge in [-0.15, -0.1) is 0 Å². The summed E-state index contributed by atoms with van der Waals surface area (Å²) >= 11 is 13.3.